The highest BCUT2D eigenvalue weighted by Crippen LogP contribution is 2.37. The first-order valence-corrected chi connectivity index (χ1v) is 6.82. The predicted octanol–water partition coefficient (Wildman–Crippen LogP) is 3.05. The number of hydrogen-bond acceptors (Lipinski definition) is 3. The Morgan fingerprint density at radius 1 is 1.10 bits per heavy atom. The summed E-state index contributed by atoms with van der Waals surface area (Å²) < 4.78 is 49.6. The minimum Gasteiger partial charge on any atom is -0.399 e. The van der Waals surface area contributed by atoms with Gasteiger partial charge in [0.15, 0.2) is 0 Å². The van der Waals surface area contributed by atoms with Crippen LogP contribution in [0.1, 0.15) is 46.2 Å². The van der Waals surface area contributed by atoms with Crippen molar-refractivity contribution < 1.29 is 22.5 Å². The van der Waals surface area contributed by atoms with Gasteiger partial charge >= 0.3 is 13.3 Å². The van der Waals surface area contributed by atoms with E-state index in [1.807, 2.05) is 27.7 Å². The predicted molar refractivity (Wildman–Crippen MR) is 74.4 cm³/mol. The highest BCUT2D eigenvalue weighted by atomic mass is 19.4. The lowest BCUT2D eigenvalue weighted by Gasteiger charge is -2.32. The van der Waals surface area contributed by atoms with E-state index in [9.17, 15) is 13.2 Å². The van der Waals surface area contributed by atoms with Gasteiger partial charge in [-0.1, -0.05) is 6.07 Å². The monoisotopic (exact) mass is 301 g/mol. The van der Waals surface area contributed by atoms with Crippen molar-refractivity contribution in [2.24, 2.45) is 0 Å². The molecule has 0 aliphatic carbocycles. The number of nitrogens with zero attached hydrogens (tertiary/aromatic N) is 1. The van der Waals surface area contributed by atoms with Crippen molar-refractivity contribution >= 4 is 12.6 Å². The first-order valence-electron chi connectivity index (χ1n) is 6.82. The number of aromatic nitrogens is 1. The lowest BCUT2D eigenvalue weighted by atomic mass is 9.80. The van der Waals surface area contributed by atoms with Crippen LogP contribution in [0, 0.1) is 0 Å². The van der Waals surface area contributed by atoms with Crippen molar-refractivity contribution in [2.45, 2.75) is 57.9 Å². The second-order valence-corrected chi connectivity index (χ2v) is 6.37. The molecule has 7 heteroatoms. The highest BCUT2D eigenvalue weighted by molar-refractivity contribution is 6.62. The number of rotatable bonds is 2. The zero-order chi connectivity index (χ0) is 16.1. The van der Waals surface area contributed by atoms with Gasteiger partial charge < -0.3 is 9.31 Å². The van der Waals surface area contributed by atoms with Gasteiger partial charge in [-0.3, -0.25) is 4.98 Å². The van der Waals surface area contributed by atoms with Crippen LogP contribution in [0.4, 0.5) is 13.2 Å². The zero-order valence-corrected chi connectivity index (χ0v) is 12.8. The second-order valence-electron chi connectivity index (χ2n) is 6.37. The summed E-state index contributed by atoms with van der Waals surface area (Å²) in [4.78, 5) is 3.91. The van der Waals surface area contributed by atoms with E-state index in [4.69, 9.17) is 9.31 Å². The Kier molecular flexibility index (Phi) is 3.87. The number of hydrogen-bond donors (Lipinski definition) is 0. The van der Waals surface area contributed by atoms with Crippen LogP contribution >= 0.6 is 0 Å². The average molecular weight is 301 g/mol. The minimum atomic E-state index is -4.29. The smallest absolute Gasteiger partial charge is 0.399 e. The maximum atomic E-state index is 12.7. The third-order valence-electron chi connectivity index (χ3n) is 4.27. The molecule has 1 aromatic heterocycles. The number of pyridine rings is 1. The number of halogens is 3. The van der Waals surface area contributed by atoms with Gasteiger partial charge in [0, 0.05) is 11.7 Å². The van der Waals surface area contributed by atoms with Gasteiger partial charge in [0.25, 0.3) is 0 Å². The third kappa shape index (κ3) is 3.08. The van der Waals surface area contributed by atoms with E-state index >= 15 is 0 Å². The first kappa shape index (κ1) is 16.3. The summed E-state index contributed by atoms with van der Waals surface area (Å²) in [5.41, 5.74) is -0.375. The summed E-state index contributed by atoms with van der Waals surface area (Å²) in [5.74, 6) is -1.59. The van der Waals surface area contributed by atoms with Crippen molar-refractivity contribution in [2.75, 3.05) is 0 Å². The molecule has 1 aliphatic heterocycles. The summed E-state index contributed by atoms with van der Waals surface area (Å²) in [6.07, 6.45) is -2.90. The quantitative estimate of drug-likeness (QED) is 0.787. The van der Waals surface area contributed by atoms with Crippen LogP contribution < -0.4 is 5.46 Å². The molecule has 116 valence electrons. The average Bonchev–Trinajstić information content (AvgIpc) is 2.57. The van der Waals surface area contributed by atoms with Crippen molar-refractivity contribution in [1.82, 2.24) is 4.98 Å². The van der Waals surface area contributed by atoms with Crippen LogP contribution in [0.3, 0.4) is 0 Å². The van der Waals surface area contributed by atoms with Crippen LogP contribution in [0.2, 0.25) is 0 Å². The van der Waals surface area contributed by atoms with Crippen LogP contribution in [0.15, 0.2) is 18.3 Å². The van der Waals surface area contributed by atoms with E-state index in [1.165, 1.54) is 12.3 Å². The summed E-state index contributed by atoms with van der Waals surface area (Å²) >= 11 is 0. The topological polar surface area (TPSA) is 31.4 Å². The van der Waals surface area contributed by atoms with E-state index in [2.05, 4.69) is 4.98 Å². The van der Waals surface area contributed by atoms with E-state index in [0.29, 0.717) is 5.46 Å². The fraction of sp³-hybridized carbons (Fsp3) is 0.643. The van der Waals surface area contributed by atoms with Gasteiger partial charge in [0.05, 0.1) is 22.8 Å². The minimum absolute atomic E-state index is 0.0113. The first-order chi connectivity index (χ1) is 9.44. The Bertz CT molecular complexity index is 498. The summed E-state index contributed by atoms with van der Waals surface area (Å²) in [5, 5.41) is 0. The Hall–Kier alpha value is -1.08. The van der Waals surface area contributed by atoms with Gasteiger partial charge in [-0.15, -0.1) is 0 Å². The SMILES string of the molecule is CC(c1ccc(B2OC(C)(C)C(C)(C)O2)cn1)C(F)(F)F. The Balaban J connectivity index is 2.18. The van der Waals surface area contributed by atoms with Crippen molar-refractivity contribution in [1.29, 1.82) is 0 Å². The van der Waals surface area contributed by atoms with Gasteiger partial charge in [-0.25, -0.2) is 0 Å². The molecule has 0 saturated carbocycles. The zero-order valence-electron chi connectivity index (χ0n) is 12.8. The highest BCUT2D eigenvalue weighted by Gasteiger charge is 2.51. The second kappa shape index (κ2) is 4.99. The van der Waals surface area contributed by atoms with Gasteiger partial charge in [0.1, 0.15) is 0 Å². The number of alkyl halides is 3. The van der Waals surface area contributed by atoms with E-state index in [-0.39, 0.29) is 5.69 Å². The van der Waals surface area contributed by atoms with Crippen molar-refractivity contribution in [3.63, 3.8) is 0 Å². The molecule has 1 atom stereocenters. The molecule has 0 amide bonds. The van der Waals surface area contributed by atoms with Crippen LogP contribution in [0.5, 0.6) is 0 Å². The molecule has 0 aromatic carbocycles. The molecule has 1 aliphatic rings. The molecule has 1 aromatic rings. The van der Waals surface area contributed by atoms with Crippen LogP contribution in [-0.4, -0.2) is 29.5 Å². The summed E-state index contributed by atoms with van der Waals surface area (Å²) in [6, 6.07) is 2.95. The molecule has 0 spiro atoms. The van der Waals surface area contributed by atoms with E-state index in [1.54, 1.807) is 6.07 Å². The summed E-state index contributed by atoms with van der Waals surface area (Å²) in [7, 11) is -0.613. The molecular formula is C14H19BF3NO2. The molecule has 21 heavy (non-hydrogen) atoms. The van der Waals surface area contributed by atoms with Crippen molar-refractivity contribution in [3.05, 3.63) is 24.0 Å². The standard InChI is InChI=1S/C14H19BF3NO2/c1-9(14(16,17)18)11-7-6-10(8-19-11)15-20-12(2,3)13(4,5)21-15/h6-9H,1-5H3. The molecule has 2 rings (SSSR count). The maximum absolute atomic E-state index is 12.7. The van der Waals surface area contributed by atoms with Gasteiger partial charge in [0.2, 0.25) is 0 Å². The van der Waals surface area contributed by atoms with E-state index < -0.39 is 30.4 Å². The largest absolute Gasteiger partial charge is 0.496 e. The van der Waals surface area contributed by atoms with Crippen LogP contribution in [0.25, 0.3) is 0 Å². The van der Waals surface area contributed by atoms with Gasteiger partial charge in [-0.2, -0.15) is 13.2 Å². The molecule has 1 unspecified atom stereocenters. The molecule has 0 radical (unpaired) electrons. The van der Waals surface area contributed by atoms with Gasteiger partial charge in [-0.05, 0) is 40.7 Å². The molecule has 0 N–H and O–H groups in total. The fourth-order valence-electron chi connectivity index (χ4n) is 1.96. The fourth-order valence-corrected chi connectivity index (χ4v) is 1.96. The molecule has 2 heterocycles. The Morgan fingerprint density at radius 2 is 1.62 bits per heavy atom. The maximum Gasteiger partial charge on any atom is 0.496 e. The molecule has 1 fully saturated rings. The molecule has 3 nitrogen and oxygen atoms in total. The lowest BCUT2D eigenvalue weighted by Crippen LogP contribution is -2.41. The van der Waals surface area contributed by atoms with Crippen molar-refractivity contribution in [3.8, 4) is 0 Å². The molecule has 1 saturated heterocycles. The summed E-state index contributed by atoms with van der Waals surface area (Å²) in [6.45, 7) is 8.76. The normalized spacial score (nSPS) is 22.4. The Labute approximate surface area is 123 Å². The molecule has 0 bridgehead atoms. The Morgan fingerprint density at radius 3 is 2.00 bits per heavy atom. The lowest BCUT2D eigenvalue weighted by molar-refractivity contribution is -0.147. The van der Waals surface area contributed by atoms with E-state index in [0.717, 1.165) is 6.92 Å². The molecular weight excluding hydrogens is 282 g/mol. The third-order valence-corrected chi connectivity index (χ3v) is 4.27. The van der Waals surface area contributed by atoms with Crippen LogP contribution in [-0.2, 0) is 9.31 Å².